The largest absolute Gasteiger partial charge is 0.412 e. The van der Waals surface area contributed by atoms with E-state index in [9.17, 15) is 4.79 Å². The second kappa shape index (κ2) is 98.6. The van der Waals surface area contributed by atoms with Gasteiger partial charge in [0.15, 0.2) is 0 Å². The molecular formula is C58H133O3+. The quantitative estimate of drug-likeness (QED) is 0.0669. The van der Waals surface area contributed by atoms with Crippen LogP contribution in [0.4, 0.5) is 0 Å². The van der Waals surface area contributed by atoms with Gasteiger partial charge in [0.05, 0.1) is 6.08 Å². The number of hydrogen-bond acceptors (Lipinski definition) is 1. The summed E-state index contributed by atoms with van der Waals surface area (Å²) in [5, 5.41) is 0. The van der Waals surface area contributed by atoms with E-state index >= 15 is 0 Å². The molecule has 0 fully saturated rings. The molecule has 0 aliphatic rings. The summed E-state index contributed by atoms with van der Waals surface area (Å²) in [4.78, 5) is 9.54. The van der Waals surface area contributed by atoms with Crippen LogP contribution in [0.15, 0.2) is 24.8 Å². The Balaban J connectivity index is -0.00000000695. The van der Waals surface area contributed by atoms with Gasteiger partial charge in [-0.2, -0.15) is 0 Å². The summed E-state index contributed by atoms with van der Waals surface area (Å²) in [5.41, 5.74) is 0. The number of carbonyl (C=O) groups is 1. The Bertz CT molecular complexity index is 2120. The first kappa shape index (κ1) is 77.1. The highest BCUT2D eigenvalue weighted by Crippen LogP contribution is 2.00. The first-order chi connectivity index (χ1) is 28.0. The fourth-order valence-electron chi connectivity index (χ4n) is 2.37. The van der Waals surface area contributed by atoms with E-state index in [2.05, 4.69) is 212 Å². The van der Waals surface area contributed by atoms with E-state index in [4.69, 9.17) is 25.7 Å². The third-order valence-corrected chi connectivity index (χ3v) is 4.70. The van der Waals surface area contributed by atoms with Gasteiger partial charge in [-0.15, -0.1) is 25.7 Å². The van der Waals surface area contributed by atoms with Crippen LogP contribution in [0, 0.1) is 210 Å². The van der Waals surface area contributed by atoms with Gasteiger partial charge < -0.3 is 11.0 Å². The van der Waals surface area contributed by atoms with Crippen LogP contribution in [0.5, 0.6) is 0 Å². The van der Waals surface area contributed by atoms with Crippen molar-refractivity contribution in [3.63, 3.8) is 0 Å². The van der Waals surface area contributed by atoms with Gasteiger partial charge in [0.2, 0.25) is 6.29 Å². The molecule has 0 unspecified atom stereocenters. The maximum Gasteiger partial charge on any atom is 0.223 e. The van der Waals surface area contributed by atoms with Crippen molar-refractivity contribution in [3.8, 4) is 203 Å². The van der Waals surface area contributed by atoms with E-state index in [1.54, 1.807) is 32.1 Å². The van der Waals surface area contributed by atoms with Crippen LogP contribution in [0.2, 0.25) is 0 Å². The number of aldehydes is 1. The number of unbranched alkanes of at least 4 members (excludes halogenated alkanes) is 8. The summed E-state index contributed by atoms with van der Waals surface area (Å²) >= 11 is 0. The first-order valence-electron chi connectivity index (χ1n) is 17.7. The Morgan fingerprint density at radius 2 is 0.639 bits per heavy atom. The van der Waals surface area contributed by atoms with Crippen molar-refractivity contribution in [3.05, 3.63) is 31.2 Å². The molecule has 0 aliphatic heterocycles. The highest BCUT2D eigenvalue weighted by molar-refractivity contribution is 5.64. The Morgan fingerprint density at radius 1 is 0.426 bits per heavy atom. The molecule has 3 nitrogen and oxygen atoms in total. The van der Waals surface area contributed by atoms with Crippen LogP contribution in [0.1, 0.15) is 172 Å². The van der Waals surface area contributed by atoms with E-state index in [1.165, 1.54) is 70.6 Å². The molecule has 0 aromatic rings. The predicted molar refractivity (Wildman–Crippen MR) is 343 cm³/mol. The van der Waals surface area contributed by atoms with Gasteiger partial charge in [0.1, 0.15) is 12.5 Å². The SMILES string of the molecule is C.C.C#CC#CC#C.C#CC#CC#CC#CC#CC#CC#CC#CC#C.C=CC=C[CH+]C=O.CC#CC#CC#CC#CC#CC.CCCCCCC.CCCCCCC.O.O.[HH].[HH].[HH].[HH].[HH].[HH].[HH].[HH].[HH].[HH].[HH].[HH].[HH].[HH].[HH].[HH].[HH].[HH].[HH].[HH].[HH].[HH].[HH].[HH].[HH].[HH].[HH].[HH].[HH].[HH].[HH].[HH].[HH].[HH].[HH].[HH]. The van der Waals surface area contributed by atoms with Crippen LogP contribution >= 0.6 is 0 Å². The average molecular weight is 879 g/mol. The zero-order valence-corrected chi connectivity index (χ0v) is 35.4. The third-order valence-electron chi connectivity index (χ3n) is 4.70. The second-order valence-corrected chi connectivity index (χ2v) is 9.15. The number of terminal acetylenes is 4. The topological polar surface area (TPSA) is 80.1 Å². The van der Waals surface area contributed by atoms with Crippen molar-refractivity contribution in [1.29, 1.82) is 0 Å². The molecule has 4 N–H and O–H groups in total. The lowest BCUT2D eigenvalue weighted by atomic mass is 10.2. The molecule has 0 aromatic carbocycles. The maximum absolute atomic E-state index is 9.54. The Hall–Kier alpha value is -8.54. The van der Waals surface area contributed by atoms with Crippen molar-refractivity contribution >= 4 is 6.29 Å². The Kier molecular flexibility index (Phi) is 125. The van der Waals surface area contributed by atoms with E-state index in [0.717, 1.165) is 6.29 Å². The number of allylic oxidation sites excluding steroid dienone is 3. The number of carbonyl (C=O) groups excluding carboxylic acids is 1. The van der Waals surface area contributed by atoms with Crippen molar-refractivity contribution in [2.45, 2.75) is 121 Å². The van der Waals surface area contributed by atoms with E-state index < -0.39 is 0 Å². The molecule has 61 heavy (non-hydrogen) atoms. The van der Waals surface area contributed by atoms with E-state index in [0.29, 0.717) is 0 Å². The summed E-state index contributed by atoms with van der Waals surface area (Å²) in [6.45, 7) is 15.8. The maximum atomic E-state index is 9.54. The smallest absolute Gasteiger partial charge is 0.223 e. The molecule has 3 heteroatoms. The molecular weight excluding hydrogens is 745 g/mol. The molecule has 0 heterocycles. The van der Waals surface area contributed by atoms with Crippen LogP contribution in [-0.2, 0) is 4.79 Å². The lowest BCUT2D eigenvalue weighted by molar-refractivity contribution is -0.104. The third kappa shape index (κ3) is 136. The van der Waals surface area contributed by atoms with E-state index in [-0.39, 0.29) is 77.2 Å². The molecule has 0 saturated carbocycles. The average Bonchev–Trinajstić information content (AvgIpc) is 3.23. The summed E-state index contributed by atoms with van der Waals surface area (Å²) < 4.78 is 0. The normalized spacial score (nSPS) is 5.28. The first-order valence-corrected chi connectivity index (χ1v) is 17.7. The summed E-state index contributed by atoms with van der Waals surface area (Å²) in [5.74, 6) is 72.4. The molecule has 0 bridgehead atoms. The summed E-state index contributed by atoms with van der Waals surface area (Å²) in [6.07, 6.45) is 40.2. The van der Waals surface area contributed by atoms with Crippen LogP contribution in [0.25, 0.3) is 0 Å². The van der Waals surface area contributed by atoms with Gasteiger partial charge >= 0.3 is 0 Å². The fraction of sp³-hybridized carbons (Fsp3) is 0.310. The molecule has 0 saturated heterocycles. The minimum absolute atomic E-state index is 0. The zero-order chi connectivity index (χ0) is 43.8. The molecule has 0 radical (unpaired) electrons. The van der Waals surface area contributed by atoms with Gasteiger partial charge in [-0.3, -0.25) is 4.79 Å². The minimum atomic E-state index is 0. The second-order valence-electron chi connectivity index (χ2n) is 9.15. The Morgan fingerprint density at radius 3 is 0.820 bits per heavy atom. The van der Waals surface area contributed by atoms with Gasteiger partial charge in [-0.25, -0.2) is 0 Å². The lowest BCUT2D eigenvalue weighted by Crippen LogP contribution is -1.70. The number of hydrogen-bond donors (Lipinski definition) is 0. The van der Waals surface area contributed by atoms with Gasteiger partial charge in [0.25, 0.3) is 0 Å². The van der Waals surface area contributed by atoms with Gasteiger partial charge in [0, 0.05) is 57.4 Å². The molecule has 0 rings (SSSR count). The van der Waals surface area contributed by atoms with Crippen LogP contribution in [0.3, 0.4) is 0 Å². The highest BCUT2D eigenvalue weighted by atomic mass is 16.1. The minimum Gasteiger partial charge on any atom is -0.412 e. The van der Waals surface area contributed by atoms with E-state index in [1.807, 2.05) is 0 Å². The van der Waals surface area contributed by atoms with Crippen molar-refractivity contribution in [2.24, 2.45) is 0 Å². The standard InChI is InChI=1S/C18H2.C12H6.2C7H16.C6H7O.C6H2.2CH4.2H2O.36H2/c1-3-5-7-9-11-13-15-17-18-16-14-12-10-8-6-4-2;1-3-5-7-9-11-12-10-8-6-4-2;2*1-3-5-7-6-4-2;1-2-3-4-5-6-7;1-3-5-6-4-2;;;;;;;;;;;;;;;;;;;;;;;;;;;;;;;;;;;;;;;;/h1-2H;1-2H3;2*3-7H2,1-2H3;2-6H,1H2;1-2H;2*1H4;2*1H2;36*1H/q;;;;+1;;;;;;;;;;;;;;;;;;;;;;;;;;;;;;;;;;;;;;;;;. The Labute approximate surface area is 429 Å². The predicted octanol–water partition coefficient (Wildman–Crippen LogP) is 17.1. The summed E-state index contributed by atoms with van der Waals surface area (Å²) in [6, 6.07) is 0. The molecule has 0 aliphatic carbocycles. The van der Waals surface area contributed by atoms with Crippen LogP contribution < -0.4 is 0 Å². The fourth-order valence-corrected chi connectivity index (χ4v) is 2.37. The monoisotopic (exact) mass is 878 g/mol. The summed E-state index contributed by atoms with van der Waals surface area (Å²) in [7, 11) is 0. The molecule has 0 atom stereocenters. The highest BCUT2D eigenvalue weighted by Gasteiger charge is 1.81. The van der Waals surface area contributed by atoms with Crippen LogP contribution in [-0.4, -0.2) is 17.2 Å². The lowest BCUT2D eigenvalue weighted by Gasteiger charge is -1.90. The number of rotatable bonds is 11. The van der Waals surface area contributed by atoms with Gasteiger partial charge in [-0.05, 0) is 180 Å². The van der Waals surface area contributed by atoms with Crippen molar-refractivity contribution in [2.75, 3.05) is 0 Å². The molecule has 0 spiro atoms. The van der Waals surface area contributed by atoms with Crippen molar-refractivity contribution in [1.82, 2.24) is 0 Å². The molecule has 0 aromatic heterocycles. The zero-order valence-electron chi connectivity index (χ0n) is 35.4. The van der Waals surface area contributed by atoms with Crippen molar-refractivity contribution < 1.29 is 67.1 Å². The van der Waals surface area contributed by atoms with Gasteiger partial charge in [-0.1, -0.05) is 125 Å². The molecule has 382 valence electrons. The molecule has 0 amide bonds.